The number of hydrogen-bond acceptors (Lipinski definition) is 0. The summed E-state index contributed by atoms with van der Waals surface area (Å²) in [4.78, 5) is 0. The maximum absolute atomic E-state index is 2.50. The second-order valence-electron chi connectivity index (χ2n) is 13.3. The Balaban J connectivity index is 1.45. The van der Waals surface area contributed by atoms with Gasteiger partial charge in [0.05, 0.1) is 0 Å². The minimum Gasteiger partial charge on any atom is -0.0622 e. The lowest BCUT2D eigenvalue weighted by atomic mass is 9.81. The highest BCUT2D eigenvalue weighted by Gasteiger charge is 2.31. The van der Waals surface area contributed by atoms with Crippen molar-refractivity contribution in [1.29, 1.82) is 0 Å². The van der Waals surface area contributed by atoms with Crippen LogP contribution in [0.15, 0.2) is 158 Å². The minimum atomic E-state index is 1.25. The fourth-order valence-electron chi connectivity index (χ4n) is 8.64. The SMILES string of the molecule is Cc1cccc(C)c1-c1ccc2c(-c3ccccc3)c3c(c(-c4ccccc4)c2c1)-c1cc2c4ccccc4ccc2c2cccc-3c12. The predicted molar refractivity (Wildman–Crippen MR) is 207 cm³/mol. The Hall–Kier alpha value is -5.98. The molecule has 1 aliphatic rings. The van der Waals surface area contributed by atoms with E-state index in [1.165, 1.54) is 110 Å². The Bertz CT molecular complexity index is 2750. The predicted octanol–water partition coefficient (Wildman–Crippen LogP) is 13.6. The molecule has 0 aliphatic heterocycles. The summed E-state index contributed by atoms with van der Waals surface area (Å²) in [5, 5.41) is 10.4. The first kappa shape index (κ1) is 27.2. The minimum absolute atomic E-state index is 1.25. The van der Waals surface area contributed by atoms with Crippen molar-refractivity contribution in [2.24, 2.45) is 0 Å². The highest BCUT2D eigenvalue weighted by atomic mass is 14.3. The Morgan fingerprint density at radius 2 is 0.896 bits per heavy atom. The van der Waals surface area contributed by atoms with Crippen molar-refractivity contribution in [2.75, 3.05) is 0 Å². The Morgan fingerprint density at radius 3 is 1.65 bits per heavy atom. The molecule has 0 fully saturated rings. The topological polar surface area (TPSA) is 0 Å². The number of benzene rings is 9. The van der Waals surface area contributed by atoms with E-state index in [4.69, 9.17) is 0 Å². The van der Waals surface area contributed by atoms with Gasteiger partial charge in [-0.2, -0.15) is 0 Å². The van der Waals surface area contributed by atoms with E-state index < -0.39 is 0 Å². The van der Waals surface area contributed by atoms with Gasteiger partial charge in [0.25, 0.3) is 0 Å². The van der Waals surface area contributed by atoms with E-state index in [-0.39, 0.29) is 0 Å². The highest BCUT2D eigenvalue weighted by molar-refractivity contribution is 6.32. The average molecular weight is 609 g/mol. The standard InChI is InChI=1S/C48H32/c1-29-13-11-14-30(2)43(29)34-24-26-38-41(27-34)45(33-18-7-4-8-19-33)48-42-28-40-35-20-10-9-15-31(35)23-25-36(40)37-21-12-22-39(46(37)42)47(48)44(38)32-16-5-3-6-17-32/h3-28H,1-2H3. The summed E-state index contributed by atoms with van der Waals surface area (Å²) >= 11 is 0. The normalized spacial score (nSPS) is 12.0. The molecule has 0 saturated heterocycles. The summed E-state index contributed by atoms with van der Waals surface area (Å²) in [5.74, 6) is 0. The first-order valence-corrected chi connectivity index (χ1v) is 16.9. The maximum atomic E-state index is 2.50. The molecule has 0 N–H and O–H groups in total. The molecule has 9 aromatic carbocycles. The van der Waals surface area contributed by atoms with Gasteiger partial charge in [0.1, 0.15) is 0 Å². The van der Waals surface area contributed by atoms with Crippen LogP contribution in [0.1, 0.15) is 11.1 Å². The summed E-state index contributed by atoms with van der Waals surface area (Å²) in [6, 6.07) is 58.8. The van der Waals surface area contributed by atoms with Gasteiger partial charge in [0, 0.05) is 0 Å². The average Bonchev–Trinajstić information content (AvgIpc) is 3.45. The zero-order valence-corrected chi connectivity index (χ0v) is 27.0. The number of fused-ring (bicyclic) bond motifs is 8. The van der Waals surface area contributed by atoms with Crippen molar-refractivity contribution in [3.05, 3.63) is 169 Å². The lowest BCUT2D eigenvalue weighted by molar-refractivity contribution is 1.38. The third-order valence-corrected chi connectivity index (χ3v) is 10.6. The van der Waals surface area contributed by atoms with E-state index in [1.807, 2.05) is 0 Å². The van der Waals surface area contributed by atoms with Crippen LogP contribution < -0.4 is 0 Å². The summed E-state index contributed by atoms with van der Waals surface area (Å²) < 4.78 is 0. The maximum Gasteiger partial charge on any atom is -0.000719 e. The molecule has 0 spiro atoms. The van der Waals surface area contributed by atoms with E-state index >= 15 is 0 Å². The van der Waals surface area contributed by atoms with Crippen molar-refractivity contribution < 1.29 is 0 Å². The molecule has 0 radical (unpaired) electrons. The second kappa shape index (κ2) is 10.3. The van der Waals surface area contributed by atoms with Gasteiger partial charge in [-0.3, -0.25) is 0 Å². The first-order valence-electron chi connectivity index (χ1n) is 16.9. The highest BCUT2D eigenvalue weighted by Crippen LogP contribution is 2.59. The monoisotopic (exact) mass is 608 g/mol. The molecule has 1 aliphatic carbocycles. The summed E-state index contributed by atoms with van der Waals surface area (Å²) in [5.41, 5.74) is 15.6. The van der Waals surface area contributed by atoms with E-state index in [1.54, 1.807) is 0 Å². The summed E-state index contributed by atoms with van der Waals surface area (Å²) in [7, 11) is 0. The molecule has 0 saturated carbocycles. The van der Waals surface area contributed by atoms with Gasteiger partial charge in [0.2, 0.25) is 0 Å². The van der Waals surface area contributed by atoms with Crippen LogP contribution in [0.2, 0.25) is 0 Å². The molecule has 0 amide bonds. The summed E-state index contributed by atoms with van der Waals surface area (Å²) in [6.07, 6.45) is 0. The van der Waals surface area contributed by atoms with Crippen molar-refractivity contribution in [3.63, 3.8) is 0 Å². The van der Waals surface area contributed by atoms with Crippen LogP contribution in [0.25, 0.3) is 98.7 Å². The molecular weight excluding hydrogens is 577 g/mol. The number of hydrogen-bond donors (Lipinski definition) is 0. The van der Waals surface area contributed by atoms with Gasteiger partial charge in [-0.05, 0) is 136 Å². The van der Waals surface area contributed by atoms with Gasteiger partial charge in [-0.1, -0.05) is 146 Å². The Morgan fingerprint density at radius 1 is 0.292 bits per heavy atom. The fourth-order valence-corrected chi connectivity index (χ4v) is 8.64. The van der Waals surface area contributed by atoms with Crippen LogP contribution >= 0.6 is 0 Å². The van der Waals surface area contributed by atoms with Gasteiger partial charge in [-0.15, -0.1) is 0 Å². The van der Waals surface area contributed by atoms with Gasteiger partial charge in [-0.25, -0.2) is 0 Å². The van der Waals surface area contributed by atoms with Gasteiger partial charge >= 0.3 is 0 Å². The lowest BCUT2D eigenvalue weighted by Crippen LogP contribution is -1.95. The molecule has 9 aromatic rings. The van der Waals surface area contributed by atoms with Gasteiger partial charge < -0.3 is 0 Å². The van der Waals surface area contributed by atoms with E-state index in [2.05, 4.69) is 172 Å². The molecule has 0 heteroatoms. The lowest BCUT2D eigenvalue weighted by Gasteiger charge is -2.22. The van der Waals surface area contributed by atoms with Crippen molar-refractivity contribution in [3.8, 4) is 55.6 Å². The van der Waals surface area contributed by atoms with Crippen molar-refractivity contribution in [1.82, 2.24) is 0 Å². The molecular formula is C48H32. The molecule has 224 valence electrons. The molecule has 0 bridgehead atoms. The van der Waals surface area contributed by atoms with E-state index in [0.29, 0.717) is 0 Å². The zero-order valence-electron chi connectivity index (χ0n) is 27.0. The van der Waals surface area contributed by atoms with Crippen LogP contribution in [0.3, 0.4) is 0 Å². The molecule has 0 unspecified atom stereocenters. The molecule has 0 heterocycles. The van der Waals surface area contributed by atoms with Gasteiger partial charge in [0.15, 0.2) is 0 Å². The zero-order chi connectivity index (χ0) is 31.9. The fraction of sp³-hybridized carbons (Fsp3) is 0.0417. The van der Waals surface area contributed by atoms with Crippen LogP contribution in [0.4, 0.5) is 0 Å². The van der Waals surface area contributed by atoms with Crippen molar-refractivity contribution >= 4 is 43.1 Å². The third kappa shape index (κ3) is 3.78. The van der Waals surface area contributed by atoms with Crippen molar-refractivity contribution in [2.45, 2.75) is 13.8 Å². The quantitative estimate of drug-likeness (QED) is 0.175. The van der Waals surface area contributed by atoms with E-state index in [9.17, 15) is 0 Å². The Kier molecular flexibility index (Phi) is 5.81. The van der Waals surface area contributed by atoms with Crippen LogP contribution in [0, 0.1) is 13.8 Å². The molecule has 0 nitrogen and oxygen atoms in total. The van der Waals surface area contributed by atoms with Crippen LogP contribution in [-0.2, 0) is 0 Å². The molecule has 0 atom stereocenters. The molecule has 0 aromatic heterocycles. The molecule has 48 heavy (non-hydrogen) atoms. The second-order valence-corrected chi connectivity index (χ2v) is 13.3. The smallest absolute Gasteiger partial charge is 0.000719 e. The number of rotatable bonds is 3. The number of aryl methyl sites for hydroxylation is 2. The largest absolute Gasteiger partial charge is 0.0622 e. The Labute approximate surface area is 280 Å². The third-order valence-electron chi connectivity index (χ3n) is 10.6. The molecule has 10 rings (SSSR count). The van der Waals surface area contributed by atoms with E-state index in [0.717, 1.165) is 0 Å². The summed E-state index contributed by atoms with van der Waals surface area (Å²) in [6.45, 7) is 4.46. The van der Waals surface area contributed by atoms with Crippen LogP contribution in [0.5, 0.6) is 0 Å². The van der Waals surface area contributed by atoms with Crippen LogP contribution in [-0.4, -0.2) is 0 Å². The first-order chi connectivity index (χ1) is 23.7.